The van der Waals surface area contributed by atoms with E-state index in [1.54, 1.807) is 0 Å². The highest BCUT2D eigenvalue weighted by Gasteiger charge is 2.13. The molecule has 4 N–H and O–H groups in total. The molecule has 0 aliphatic rings. The number of nitrogen functional groups attached to an aromatic ring is 1. The first-order valence-corrected chi connectivity index (χ1v) is 6.17. The monoisotopic (exact) mass is 267 g/mol. The van der Waals surface area contributed by atoms with Gasteiger partial charge in [0.2, 0.25) is 5.95 Å². The van der Waals surface area contributed by atoms with Crippen molar-refractivity contribution in [2.75, 3.05) is 11.1 Å². The molecule has 0 bridgehead atoms. The predicted octanol–water partition coefficient (Wildman–Crippen LogP) is 0.444. The van der Waals surface area contributed by atoms with Gasteiger partial charge in [-0.25, -0.2) is 15.0 Å². The second kappa shape index (κ2) is 4.55. The van der Waals surface area contributed by atoms with Crippen LogP contribution in [0.5, 0.6) is 0 Å². The molecular formula is C9H9N5O3S. The minimum atomic E-state index is -4.32. The molecule has 0 spiro atoms. The second-order valence-corrected chi connectivity index (χ2v) is 4.70. The van der Waals surface area contributed by atoms with Crippen molar-refractivity contribution in [3.05, 3.63) is 30.9 Å². The highest BCUT2D eigenvalue weighted by Crippen LogP contribution is 2.23. The number of hydrogen-bond acceptors (Lipinski definition) is 7. The quantitative estimate of drug-likeness (QED) is 0.539. The number of benzene rings is 1. The number of rotatable bonds is 3. The molecule has 1 aromatic carbocycles. The van der Waals surface area contributed by atoms with E-state index in [-0.39, 0.29) is 10.6 Å². The zero-order chi connectivity index (χ0) is 13.2. The van der Waals surface area contributed by atoms with Crippen LogP contribution in [0.1, 0.15) is 0 Å². The number of hydrogen-bond donors (Lipinski definition) is 3. The van der Waals surface area contributed by atoms with Crippen LogP contribution >= 0.6 is 0 Å². The maximum atomic E-state index is 10.9. The summed E-state index contributed by atoms with van der Waals surface area (Å²) in [6, 6.07) is 3.98. The summed E-state index contributed by atoms with van der Waals surface area (Å²) >= 11 is 0. The van der Waals surface area contributed by atoms with Gasteiger partial charge in [0, 0.05) is 5.69 Å². The molecule has 0 aliphatic heterocycles. The maximum absolute atomic E-state index is 10.9. The molecule has 0 atom stereocenters. The van der Waals surface area contributed by atoms with E-state index in [0.29, 0.717) is 11.6 Å². The molecule has 1 heterocycles. The standard InChI is InChI=1S/C9H9N5O3S/c10-7-3-6(1-2-8(7)18(15,16)17)14-9-12-4-11-5-13-9/h1-5H,10H2,(H,15,16,17)(H,11,12,13,14). The number of aromatic nitrogens is 3. The van der Waals surface area contributed by atoms with E-state index in [4.69, 9.17) is 10.3 Å². The second-order valence-electron chi connectivity index (χ2n) is 3.31. The molecule has 9 heteroatoms. The fourth-order valence-corrected chi connectivity index (χ4v) is 1.89. The van der Waals surface area contributed by atoms with Crippen LogP contribution in [0.25, 0.3) is 0 Å². The van der Waals surface area contributed by atoms with Crippen molar-refractivity contribution >= 4 is 27.4 Å². The molecule has 0 aliphatic carbocycles. The first kappa shape index (κ1) is 12.2. The van der Waals surface area contributed by atoms with Gasteiger partial charge in [0.1, 0.15) is 17.6 Å². The van der Waals surface area contributed by atoms with Crippen molar-refractivity contribution in [1.82, 2.24) is 15.0 Å². The SMILES string of the molecule is Nc1cc(Nc2ncncn2)ccc1S(=O)(=O)O. The van der Waals surface area contributed by atoms with Crippen molar-refractivity contribution < 1.29 is 13.0 Å². The van der Waals surface area contributed by atoms with Crippen LogP contribution in [-0.2, 0) is 10.1 Å². The van der Waals surface area contributed by atoms with Crippen molar-refractivity contribution in [2.24, 2.45) is 0 Å². The summed E-state index contributed by atoms with van der Waals surface area (Å²) in [5, 5.41) is 2.80. The van der Waals surface area contributed by atoms with Gasteiger partial charge < -0.3 is 11.1 Å². The van der Waals surface area contributed by atoms with Crippen LogP contribution in [0.4, 0.5) is 17.3 Å². The molecule has 0 unspecified atom stereocenters. The smallest absolute Gasteiger partial charge is 0.296 e. The lowest BCUT2D eigenvalue weighted by atomic mass is 10.3. The molecule has 2 rings (SSSR count). The predicted molar refractivity (Wildman–Crippen MR) is 63.8 cm³/mol. The Kier molecular flexibility index (Phi) is 3.08. The van der Waals surface area contributed by atoms with E-state index < -0.39 is 10.1 Å². The van der Waals surface area contributed by atoms with E-state index in [1.165, 1.54) is 30.9 Å². The normalized spacial score (nSPS) is 11.2. The summed E-state index contributed by atoms with van der Waals surface area (Å²) in [5.41, 5.74) is 5.95. The third-order valence-corrected chi connectivity index (χ3v) is 2.96. The molecule has 0 fully saturated rings. The molecule has 8 nitrogen and oxygen atoms in total. The lowest BCUT2D eigenvalue weighted by molar-refractivity contribution is 0.483. The number of anilines is 3. The van der Waals surface area contributed by atoms with Crippen LogP contribution in [0, 0.1) is 0 Å². The van der Waals surface area contributed by atoms with Crippen molar-refractivity contribution in [3.63, 3.8) is 0 Å². The van der Waals surface area contributed by atoms with Gasteiger partial charge in [-0.2, -0.15) is 8.42 Å². The van der Waals surface area contributed by atoms with Crippen LogP contribution in [0.2, 0.25) is 0 Å². The highest BCUT2D eigenvalue weighted by molar-refractivity contribution is 7.86. The van der Waals surface area contributed by atoms with E-state index in [9.17, 15) is 8.42 Å². The topological polar surface area (TPSA) is 131 Å². The summed E-state index contributed by atoms with van der Waals surface area (Å²) in [6.45, 7) is 0. The molecule has 0 saturated carbocycles. The molecule has 0 amide bonds. The Balaban J connectivity index is 2.30. The van der Waals surface area contributed by atoms with Crippen LogP contribution in [-0.4, -0.2) is 27.9 Å². The Morgan fingerprint density at radius 2 is 1.89 bits per heavy atom. The molecule has 2 aromatic rings. The maximum Gasteiger partial charge on any atom is 0.296 e. The Bertz CT molecular complexity index is 659. The average Bonchev–Trinajstić information content (AvgIpc) is 2.28. The van der Waals surface area contributed by atoms with Gasteiger partial charge in [0.05, 0.1) is 5.69 Å². The largest absolute Gasteiger partial charge is 0.398 e. The minimum absolute atomic E-state index is 0.0726. The Labute approximate surface area is 103 Å². The summed E-state index contributed by atoms with van der Waals surface area (Å²) in [4.78, 5) is 11.0. The lowest BCUT2D eigenvalue weighted by Crippen LogP contribution is -2.04. The van der Waals surface area contributed by atoms with Gasteiger partial charge in [0.25, 0.3) is 10.1 Å². The van der Waals surface area contributed by atoms with Crippen molar-refractivity contribution in [1.29, 1.82) is 0 Å². The fourth-order valence-electron chi connectivity index (χ4n) is 1.29. The van der Waals surface area contributed by atoms with E-state index in [2.05, 4.69) is 20.3 Å². The summed E-state index contributed by atoms with van der Waals surface area (Å²) in [6.07, 6.45) is 2.62. The highest BCUT2D eigenvalue weighted by atomic mass is 32.2. The fraction of sp³-hybridized carbons (Fsp3) is 0. The van der Waals surface area contributed by atoms with Gasteiger partial charge in [-0.1, -0.05) is 0 Å². The van der Waals surface area contributed by atoms with Gasteiger partial charge in [-0.05, 0) is 18.2 Å². The first-order chi connectivity index (χ1) is 8.47. The summed E-state index contributed by atoms with van der Waals surface area (Å²) in [7, 11) is -4.32. The van der Waals surface area contributed by atoms with Gasteiger partial charge in [-0.15, -0.1) is 0 Å². The molecule has 0 radical (unpaired) electrons. The number of nitrogens with two attached hydrogens (primary N) is 1. The van der Waals surface area contributed by atoms with Crippen molar-refractivity contribution in [3.8, 4) is 0 Å². The zero-order valence-corrected chi connectivity index (χ0v) is 9.79. The van der Waals surface area contributed by atoms with Crippen molar-refractivity contribution in [2.45, 2.75) is 4.90 Å². The number of nitrogens with zero attached hydrogens (tertiary/aromatic N) is 3. The molecule has 94 valence electrons. The van der Waals surface area contributed by atoms with Crippen LogP contribution in [0.3, 0.4) is 0 Å². The summed E-state index contributed by atoms with van der Waals surface area (Å²) < 4.78 is 30.8. The lowest BCUT2D eigenvalue weighted by Gasteiger charge is -2.07. The molecule has 1 aromatic heterocycles. The molecule has 0 saturated heterocycles. The molecular weight excluding hydrogens is 258 g/mol. The Morgan fingerprint density at radius 1 is 1.22 bits per heavy atom. The van der Waals surface area contributed by atoms with Crippen LogP contribution < -0.4 is 11.1 Å². The van der Waals surface area contributed by atoms with E-state index >= 15 is 0 Å². The van der Waals surface area contributed by atoms with Gasteiger partial charge in [-0.3, -0.25) is 4.55 Å². The first-order valence-electron chi connectivity index (χ1n) is 4.73. The van der Waals surface area contributed by atoms with Crippen LogP contribution in [0.15, 0.2) is 35.7 Å². The van der Waals surface area contributed by atoms with E-state index in [1.807, 2.05) is 0 Å². The third kappa shape index (κ3) is 2.70. The summed E-state index contributed by atoms with van der Waals surface area (Å²) in [5.74, 6) is 0.295. The van der Waals surface area contributed by atoms with Gasteiger partial charge >= 0.3 is 0 Å². The molecule has 18 heavy (non-hydrogen) atoms. The Hall–Kier alpha value is -2.26. The average molecular weight is 267 g/mol. The number of nitrogens with one attached hydrogen (secondary N) is 1. The van der Waals surface area contributed by atoms with Gasteiger partial charge in [0.15, 0.2) is 0 Å². The zero-order valence-electron chi connectivity index (χ0n) is 8.98. The Morgan fingerprint density at radius 3 is 2.44 bits per heavy atom. The minimum Gasteiger partial charge on any atom is -0.398 e. The third-order valence-electron chi connectivity index (χ3n) is 2.04. The van der Waals surface area contributed by atoms with E-state index in [0.717, 1.165) is 0 Å².